The molecule has 0 spiro atoms. The van der Waals surface area contributed by atoms with E-state index in [0.717, 1.165) is 102 Å². The second-order valence-corrected chi connectivity index (χ2v) is 30.9. The Hall–Kier alpha value is -1.94. The lowest BCUT2D eigenvalue weighted by atomic mass is 10.0. The average molecular weight is 1380 g/mol. The lowest BCUT2D eigenvalue weighted by Gasteiger charge is -2.21. The van der Waals surface area contributed by atoms with E-state index in [2.05, 4.69) is 41.5 Å². The highest BCUT2D eigenvalue weighted by Gasteiger charge is 2.30. The van der Waals surface area contributed by atoms with Gasteiger partial charge in [-0.15, -0.1) is 0 Å². The second-order valence-electron chi connectivity index (χ2n) is 28.0. The first kappa shape index (κ1) is 92.1. The quantitative estimate of drug-likeness (QED) is 0.0222. The Bertz CT molecular complexity index is 1820. The molecular weight excluding hydrogens is 1230 g/mol. The molecule has 558 valence electrons. The fourth-order valence-electron chi connectivity index (χ4n) is 11.5. The van der Waals surface area contributed by atoms with Crippen LogP contribution in [0, 0.1) is 11.8 Å². The first-order chi connectivity index (χ1) is 45.4. The first-order valence-electron chi connectivity index (χ1n) is 39.0. The molecule has 0 rings (SSSR count). The summed E-state index contributed by atoms with van der Waals surface area (Å²) in [6.07, 6.45) is 54.4. The van der Waals surface area contributed by atoms with E-state index in [9.17, 15) is 43.2 Å². The van der Waals surface area contributed by atoms with Crippen molar-refractivity contribution >= 4 is 39.5 Å². The number of rotatable bonds is 74. The highest BCUT2D eigenvalue weighted by atomic mass is 31.2. The number of phosphoric acid groups is 2. The van der Waals surface area contributed by atoms with Crippen molar-refractivity contribution in [3.63, 3.8) is 0 Å². The number of phosphoric ester groups is 2. The number of hydrogen-bond acceptors (Lipinski definition) is 15. The molecule has 2 unspecified atom stereocenters. The standard InChI is InChI=1S/C75H146O17P2/c1-7-9-11-13-15-17-18-19-20-21-22-25-28-31-34-40-46-52-58-73(78)86-64-70(91-74(79)59-53-47-41-35-32-29-26-23-24-27-30-33-37-43-49-55-67(3)4)65-89-93(81,82)87-61-69(76)62-88-94(83,84)90-66-71(63-85-72(77)57-51-45-39-16-14-12-10-8-2)92-75(80)60-54-48-42-36-38-44-50-56-68(5)6/h67-71,76H,7-66H2,1-6H3,(H,81,82)(H,83,84)/t69-,70-,71-/m1/s1. The van der Waals surface area contributed by atoms with Crippen molar-refractivity contribution in [1.82, 2.24) is 0 Å². The summed E-state index contributed by atoms with van der Waals surface area (Å²) in [4.78, 5) is 72.6. The van der Waals surface area contributed by atoms with E-state index in [1.807, 2.05) is 0 Å². The summed E-state index contributed by atoms with van der Waals surface area (Å²) in [6, 6.07) is 0. The zero-order valence-electron chi connectivity index (χ0n) is 61.3. The molecule has 0 aliphatic carbocycles. The summed E-state index contributed by atoms with van der Waals surface area (Å²) in [5.74, 6) is -0.623. The van der Waals surface area contributed by atoms with Gasteiger partial charge in [-0.2, -0.15) is 0 Å². The van der Waals surface area contributed by atoms with Crippen LogP contribution in [0.3, 0.4) is 0 Å². The number of hydrogen-bond donors (Lipinski definition) is 3. The van der Waals surface area contributed by atoms with Crippen LogP contribution in [0.1, 0.15) is 388 Å². The molecule has 0 fully saturated rings. The molecule has 0 amide bonds. The molecule has 3 N–H and O–H groups in total. The van der Waals surface area contributed by atoms with Gasteiger partial charge in [-0.05, 0) is 37.5 Å². The van der Waals surface area contributed by atoms with Gasteiger partial charge in [0.2, 0.25) is 0 Å². The Morgan fingerprint density at radius 1 is 0.287 bits per heavy atom. The van der Waals surface area contributed by atoms with Gasteiger partial charge in [0.25, 0.3) is 0 Å². The van der Waals surface area contributed by atoms with Crippen molar-refractivity contribution in [1.29, 1.82) is 0 Å². The number of aliphatic hydroxyl groups excluding tert-OH is 1. The number of ether oxygens (including phenoxy) is 4. The third-order valence-corrected chi connectivity index (χ3v) is 19.4. The van der Waals surface area contributed by atoms with Gasteiger partial charge in [-0.1, -0.05) is 337 Å². The van der Waals surface area contributed by atoms with Crippen molar-refractivity contribution < 1.29 is 80.2 Å². The van der Waals surface area contributed by atoms with E-state index in [4.69, 9.17) is 37.0 Å². The predicted octanol–water partition coefficient (Wildman–Crippen LogP) is 21.9. The maximum Gasteiger partial charge on any atom is 0.472 e. The minimum atomic E-state index is -4.96. The molecule has 0 aromatic carbocycles. The number of aliphatic hydroxyl groups is 1. The van der Waals surface area contributed by atoms with Crippen LogP contribution in [0.15, 0.2) is 0 Å². The number of esters is 4. The van der Waals surface area contributed by atoms with E-state index >= 15 is 0 Å². The van der Waals surface area contributed by atoms with Gasteiger partial charge < -0.3 is 33.8 Å². The molecular formula is C75H146O17P2. The van der Waals surface area contributed by atoms with Crippen LogP contribution in [0.5, 0.6) is 0 Å². The summed E-state index contributed by atoms with van der Waals surface area (Å²) in [7, 11) is -9.90. The van der Waals surface area contributed by atoms with E-state index in [1.165, 1.54) is 199 Å². The smallest absolute Gasteiger partial charge is 0.462 e. The molecule has 0 aliphatic rings. The van der Waals surface area contributed by atoms with Crippen LogP contribution < -0.4 is 0 Å². The monoisotopic (exact) mass is 1380 g/mol. The molecule has 0 bridgehead atoms. The fraction of sp³-hybridized carbons (Fsp3) is 0.947. The Kier molecular flexibility index (Phi) is 65.5. The largest absolute Gasteiger partial charge is 0.472 e. The maximum absolute atomic E-state index is 13.1. The van der Waals surface area contributed by atoms with Crippen LogP contribution >= 0.6 is 15.6 Å². The highest BCUT2D eigenvalue weighted by Crippen LogP contribution is 2.45. The summed E-state index contributed by atoms with van der Waals surface area (Å²) < 4.78 is 68.4. The van der Waals surface area contributed by atoms with Gasteiger partial charge >= 0.3 is 39.5 Å². The molecule has 0 radical (unpaired) electrons. The molecule has 0 heterocycles. The maximum atomic E-state index is 13.1. The summed E-state index contributed by atoms with van der Waals surface area (Å²) >= 11 is 0. The normalized spacial score (nSPS) is 14.0. The van der Waals surface area contributed by atoms with Crippen LogP contribution in [0.2, 0.25) is 0 Å². The molecule has 0 aromatic rings. The summed E-state index contributed by atoms with van der Waals surface area (Å²) in [6.45, 7) is 9.52. The second kappa shape index (κ2) is 66.9. The van der Waals surface area contributed by atoms with E-state index < -0.39 is 97.5 Å². The van der Waals surface area contributed by atoms with E-state index in [0.29, 0.717) is 31.6 Å². The average Bonchev–Trinajstić information content (AvgIpc) is 2.28. The van der Waals surface area contributed by atoms with Crippen molar-refractivity contribution in [3.05, 3.63) is 0 Å². The molecule has 0 saturated heterocycles. The molecule has 94 heavy (non-hydrogen) atoms. The van der Waals surface area contributed by atoms with Crippen molar-refractivity contribution in [2.75, 3.05) is 39.6 Å². The molecule has 0 aliphatic heterocycles. The van der Waals surface area contributed by atoms with Gasteiger partial charge in [-0.3, -0.25) is 37.3 Å². The Labute approximate surface area is 575 Å². The van der Waals surface area contributed by atoms with Gasteiger partial charge in [0.1, 0.15) is 19.3 Å². The van der Waals surface area contributed by atoms with Gasteiger partial charge in [0, 0.05) is 25.7 Å². The van der Waals surface area contributed by atoms with Crippen LogP contribution in [-0.2, 0) is 65.4 Å². The highest BCUT2D eigenvalue weighted by molar-refractivity contribution is 7.47. The predicted molar refractivity (Wildman–Crippen MR) is 381 cm³/mol. The van der Waals surface area contributed by atoms with Crippen LogP contribution in [0.4, 0.5) is 0 Å². The zero-order chi connectivity index (χ0) is 69.3. The minimum absolute atomic E-state index is 0.103. The van der Waals surface area contributed by atoms with E-state index in [-0.39, 0.29) is 25.7 Å². The van der Waals surface area contributed by atoms with Crippen molar-refractivity contribution in [2.24, 2.45) is 11.8 Å². The lowest BCUT2D eigenvalue weighted by molar-refractivity contribution is -0.161. The molecule has 5 atom stereocenters. The fourth-order valence-corrected chi connectivity index (χ4v) is 13.1. The topological polar surface area (TPSA) is 237 Å². The molecule has 0 aromatic heterocycles. The van der Waals surface area contributed by atoms with Gasteiger partial charge in [-0.25, -0.2) is 9.13 Å². The minimum Gasteiger partial charge on any atom is -0.462 e. The molecule has 19 heteroatoms. The lowest BCUT2D eigenvalue weighted by Crippen LogP contribution is -2.30. The van der Waals surface area contributed by atoms with Crippen molar-refractivity contribution in [2.45, 2.75) is 407 Å². The van der Waals surface area contributed by atoms with E-state index in [1.54, 1.807) is 0 Å². The third-order valence-electron chi connectivity index (χ3n) is 17.5. The SMILES string of the molecule is CCCCCCCCCCCCCCCCCCCCC(=O)OC[C@H](COP(=O)(O)OC[C@@H](O)COP(=O)(O)OC[C@@H](COC(=O)CCCCCCCCCC)OC(=O)CCCCCCCCCC(C)C)OC(=O)CCCCCCCCCCCCCCCCCC(C)C. The zero-order valence-corrected chi connectivity index (χ0v) is 63.1. The van der Waals surface area contributed by atoms with Gasteiger partial charge in [0.05, 0.1) is 26.4 Å². The number of unbranched alkanes of at least 4 members (excludes halogenated alkanes) is 44. The van der Waals surface area contributed by atoms with Crippen LogP contribution in [-0.4, -0.2) is 96.7 Å². The van der Waals surface area contributed by atoms with Gasteiger partial charge in [0.15, 0.2) is 12.2 Å². The molecule has 0 saturated carbocycles. The first-order valence-corrected chi connectivity index (χ1v) is 42.0. The number of carbonyl (C=O) groups excluding carboxylic acids is 4. The Morgan fingerprint density at radius 3 is 0.723 bits per heavy atom. The Morgan fingerprint density at radius 2 is 0.489 bits per heavy atom. The number of carbonyl (C=O) groups is 4. The van der Waals surface area contributed by atoms with Crippen molar-refractivity contribution in [3.8, 4) is 0 Å². The molecule has 17 nitrogen and oxygen atoms in total. The Balaban J connectivity index is 5.19. The summed E-state index contributed by atoms with van der Waals surface area (Å²) in [5.41, 5.74) is 0. The third kappa shape index (κ3) is 68.6. The summed E-state index contributed by atoms with van der Waals surface area (Å²) in [5, 5.41) is 10.6. The van der Waals surface area contributed by atoms with Crippen LogP contribution in [0.25, 0.3) is 0 Å².